The van der Waals surface area contributed by atoms with Gasteiger partial charge in [0.1, 0.15) is 6.04 Å². The summed E-state index contributed by atoms with van der Waals surface area (Å²) in [6, 6.07) is 3.84. The molecule has 0 bridgehead atoms. The van der Waals surface area contributed by atoms with Crippen LogP contribution in [0.5, 0.6) is 0 Å². The maximum atomic E-state index is 12.2. The highest BCUT2D eigenvalue weighted by atomic mass is 35.5. The van der Waals surface area contributed by atoms with Crippen molar-refractivity contribution in [1.29, 1.82) is 0 Å². The van der Waals surface area contributed by atoms with Crippen molar-refractivity contribution in [3.05, 3.63) is 28.2 Å². The number of hydrogen-bond donors (Lipinski definition) is 1. The molecule has 1 saturated heterocycles. The molecule has 1 fully saturated rings. The van der Waals surface area contributed by atoms with E-state index in [2.05, 4.69) is 5.32 Å². The average molecular weight is 301 g/mol. The summed E-state index contributed by atoms with van der Waals surface area (Å²) in [6.45, 7) is 2.04. The van der Waals surface area contributed by atoms with Gasteiger partial charge in [0.15, 0.2) is 0 Å². The Morgan fingerprint density at radius 1 is 1.26 bits per heavy atom. The molecule has 0 saturated carbocycles. The summed E-state index contributed by atoms with van der Waals surface area (Å²) in [6.07, 6.45) is 2.53. The number of carbonyl (C=O) groups is 2. The predicted molar refractivity (Wildman–Crippen MR) is 75.8 cm³/mol. The van der Waals surface area contributed by atoms with Gasteiger partial charge in [0.05, 0.1) is 15.7 Å². The Kier molecular flexibility index (Phi) is 4.32. The summed E-state index contributed by atoms with van der Waals surface area (Å²) in [5.74, 6) is -0.239. The van der Waals surface area contributed by atoms with E-state index < -0.39 is 12.1 Å². The van der Waals surface area contributed by atoms with Gasteiger partial charge in [-0.1, -0.05) is 43.0 Å². The lowest BCUT2D eigenvalue weighted by Gasteiger charge is -2.13. The number of nitrogens with one attached hydrogen (secondary N) is 1. The molecule has 0 radical (unpaired) electrons. The number of amides is 3. The first-order valence-corrected chi connectivity index (χ1v) is 6.89. The van der Waals surface area contributed by atoms with E-state index in [-0.39, 0.29) is 5.91 Å². The maximum Gasteiger partial charge on any atom is 0.329 e. The number of anilines is 1. The molecule has 0 spiro atoms. The minimum absolute atomic E-state index is 0.239. The normalized spacial score (nSPS) is 18.9. The third kappa shape index (κ3) is 2.85. The van der Waals surface area contributed by atoms with Gasteiger partial charge in [-0.05, 0) is 24.6 Å². The van der Waals surface area contributed by atoms with Crippen LogP contribution >= 0.6 is 23.2 Å². The Hall–Kier alpha value is -1.26. The van der Waals surface area contributed by atoms with Crippen LogP contribution in [0.25, 0.3) is 0 Å². The highest BCUT2D eigenvalue weighted by molar-refractivity contribution is 6.42. The summed E-state index contributed by atoms with van der Waals surface area (Å²) in [7, 11) is 0. The topological polar surface area (TPSA) is 49.4 Å². The van der Waals surface area contributed by atoms with Crippen LogP contribution in [-0.2, 0) is 4.79 Å². The summed E-state index contributed by atoms with van der Waals surface area (Å²) in [5, 5.41) is 3.39. The number of urea groups is 1. The monoisotopic (exact) mass is 300 g/mol. The first-order chi connectivity index (χ1) is 9.04. The molecule has 1 heterocycles. The van der Waals surface area contributed by atoms with Gasteiger partial charge in [0.2, 0.25) is 0 Å². The second kappa shape index (κ2) is 5.80. The molecule has 1 aromatic rings. The van der Waals surface area contributed by atoms with Crippen LogP contribution in [0.15, 0.2) is 18.2 Å². The van der Waals surface area contributed by atoms with Crippen molar-refractivity contribution >= 4 is 40.8 Å². The summed E-state index contributed by atoms with van der Waals surface area (Å²) < 4.78 is 0. The Morgan fingerprint density at radius 3 is 2.63 bits per heavy atom. The SMILES string of the molecule is CCCCC1NC(=O)N(c2ccc(Cl)c(Cl)c2)C1=O. The number of unbranched alkanes of at least 4 members (excludes halogenated alkanes) is 1. The minimum atomic E-state index is -0.443. The standard InChI is InChI=1S/C13H14Cl2N2O2/c1-2-3-4-11-12(18)17(13(19)16-11)8-5-6-9(14)10(15)7-8/h5-7,11H,2-4H2,1H3,(H,16,19). The van der Waals surface area contributed by atoms with Crippen LogP contribution in [0.1, 0.15) is 26.2 Å². The Balaban J connectivity index is 2.22. The molecule has 1 aliphatic heterocycles. The molecule has 102 valence electrons. The maximum absolute atomic E-state index is 12.2. The lowest BCUT2D eigenvalue weighted by Crippen LogP contribution is -2.31. The first kappa shape index (κ1) is 14.2. The van der Waals surface area contributed by atoms with E-state index in [4.69, 9.17) is 23.2 Å². The molecule has 1 aromatic carbocycles. The van der Waals surface area contributed by atoms with E-state index in [0.717, 1.165) is 17.7 Å². The minimum Gasteiger partial charge on any atom is -0.325 e. The Bertz CT molecular complexity index is 519. The molecule has 1 N–H and O–H groups in total. The first-order valence-electron chi connectivity index (χ1n) is 6.14. The van der Waals surface area contributed by atoms with Gasteiger partial charge in [-0.15, -0.1) is 0 Å². The van der Waals surface area contributed by atoms with E-state index >= 15 is 0 Å². The molecule has 19 heavy (non-hydrogen) atoms. The molecule has 2 rings (SSSR count). The molecule has 6 heteroatoms. The van der Waals surface area contributed by atoms with Gasteiger partial charge < -0.3 is 5.32 Å². The third-order valence-electron chi connectivity index (χ3n) is 3.03. The molecular weight excluding hydrogens is 287 g/mol. The molecule has 0 aromatic heterocycles. The third-order valence-corrected chi connectivity index (χ3v) is 3.77. The molecule has 1 unspecified atom stereocenters. The van der Waals surface area contributed by atoms with Crippen molar-refractivity contribution in [1.82, 2.24) is 5.32 Å². The Labute approximate surface area is 121 Å². The lowest BCUT2D eigenvalue weighted by molar-refractivity contribution is -0.118. The van der Waals surface area contributed by atoms with Crippen molar-refractivity contribution in [3.63, 3.8) is 0 Å². The fraction of sp³-hybridized carbons (Fsp3) is 0.385. The van der Waals surface area contributed by atoms with Crippen LogP contribution in [0.3, 0.4) is 0 Å². The fourth-order valence-electron chi connectivity index (χ4n) is 2.00. The van der Waals surface area contributed by atoms with Crippen molar-refractivity contribution in [2.45, 2.75) is 32.2 Å². The van der Waals surface area contributed by atoms with Gasteiger partial charge in [-0.3, -0.25) is 4.79 Å². The van der Waals surface area contributed by atoms with E-state index in [0.29, 0.717) is 22.2 Å². The number of imide groups is 1. The van der Waals surface area contributed by atoms with Crippen LogP contribution in [-0.4, -0.2) is 18.0 Å². The summed E-state index contributed by atoms with van der Waals surface area (Å²) >= 11 is 11.7. The smallest absolute Gasteiger partial charge is 0.325 e. The Morgan fingerprint density at radius 2 is 2.00 bits per heavy atom. The van der Waals surface area contributed by atoms with Gasteiger partial charge in [0.25, 0.3) is 5.91 Å². The van der Waals surface area contributed by atoms with Crippen molar-refractivity contribution < 1.29 is 9.59 Å². The second-order valence-electron chi connectivity index (χ2n) is 4.42. The van der Waals surface area contributed by atoms with Crippen LogP contribution < -0.4 is 10.2 Å². The number of nitrogens with zero attached hydrogens (tertiary/aromatic N) is 1. The molecule has 0 aliphatic carbocycles. The highest BCUT2D eigenvalue weighted by Gasteiger charge is 2.38. The number of rotatable bonds is 4. The van der Waals surface area contributed by atoms with Gasteiger partial charge in [0, 0.05) is 0 Å². The zero-order chi connectivity index (χ0) is 14.0. The van der Waals surface area contributed by atoms with E-state index in [1.54, 1.807) is 12.1 Å². The van der Waals surface area contributed by atoms with E-state index in [1.807, 2.05) is 6.92 Å². The van der Waals surface area contributed by atoms with Crippen LogP contribution in [0.4, 0.5) is 10.5 Å². The van der Waals surface area contributed by atoms with Gasteiger partial charge in [-0.2, -0.15) is 0 Å². The predicted octanol–water partition coefficient (Wildman–Crippen LogP) is 3.61. The zero-order valence-corrected chi connectivity index (χ0v) is 12.0. The lowest BCUT2D eigenvalue weighted by atomic mass is 10.1. The quantitative estimate of drug-likeness (QED) is 0.864. The number of benzene rings is 1. The fourth-order valence-corrected chi connectivity index (χ4v) is 2.30. The number of hydrogen-bond acceptors (Lipinski definition) is 2. The second-order valence-corrected chi connectivity index (χ2v) is 5.23. The van der Waals surface area contributed by atoms with Crippen LogP contribution in [0.2, 0.25) is 10.0 Å². The summed E-state index contributed by atoms with van der Waals surface area (Å²) in [4.78, 5) is 25.2. The van der Waals surface area contributed by atoms with Gasteiger partial charge >= 0.3 is 6.03 Å². The van der Waals surface area contributed by atoms with E-state index in [1.165, 1.54) is 6.07 Å². The van der Waals surface area contributed by atoms with Crippen molar-refractivity contribution in [3.8, 4) is 0 Å². The molecular formula is C13H14Cl2N2O2. The molecule has 3 amide bonds. The van der Waals surface area contributed by atoms with Gasteiger partial charge in [-0.25, -0.2) is 9.69 Å². The molecule has 4 nitrogen and oxygen atoms in total. The highest BCUT2D eigenvalue weighted by Crippen LogP contribution is 2.29. The summed E-state index contributed by atoms with van der Waals surface area (Å²) in [5.41, 5.74) is 0.441. The van der Waals surface area contributed by atoms with Crippen molar-refractivity contribution in [2.24, 2.45) is 0 Å². The average Bonchev–Trinajstić information content (AvgIpc) is 2.65. The molecule has 1 atom stereocenters. The zero-order valence-electron chi connectivity index (χ0n) is 10.5. The molecule has 1 aliphatic rings. The van der Waals surface area contributed by atoms with Crippen LogP contribution in [0, 0.1) is 0 Å². The number of halogens is 2. The van der Waals surface area contributed by atoms with E-state index in [9.17, 15) is 9.59 Å². The largest absolute Gasteiger partial charge is 0.329 e. The number of carbonyl (C=O) groups excluding carboxylic acids is 2. The van der Waals surface area contributed by atoms with Crippen molar-refractivity contribution in [2.75, 3.05) is 4.90 Å².